The van der Waals surface area contributed by atoms with E-state index in [4.69, 9.17) is 0 Å². The van der Waals surface area contributed by atoms with Gasteiger partial charge in [-0.1, -0.05) is 67.6 Å². The van der Waals surface area contributed by atoms with Gasteiger partial charge in [-0.15, -0.1) is 0 Å². The number of carboxylic acid groups (broad SMARTS) is 1. The molecule has 1 heterocycles. The molecule has 0 aliphatic carbocycles. The monoisotopic (exact) mass is 366 g/mol. The van der Waals surface area contributed by atoms with Crippen molar-refractivity contribution in [2.24, 2.45) is 11.8 Å². The largest absolute Gasteiger partial charge is 0.481 e. The van der Waals surface area contributed by atoms with Crippen molar-refractivity contribution in [2.45, 2.75) is 20.0 Å². The second-order valence-corrected chi connectivity index (χ2v) is 7.34. The minimum absolute atomic E-state index is 0.00235. The maximum Gasteiger partial charge on any atom is 0.308 e. The number of carbonyl (C=O) groups excluding carboxylic acids is 1. The van der Waals surface area contributed by atoms with Crippen LogP contribution in [0.1, 0.15) is 18.1 Å². The van der Waals surface area contributed by atoms with Gasteiger partial charge in [-0.3, -0.25) is 14.5 Å². The molecule has 0 spiro atoms. The fourth-order valence-electron chi connectivity index (χ4n) is 3.63. The van der Waals surface area contributed by atoms with Gasteiger partial charge in [-0.2, -0.15) is 0 Å². The Kier molecular flexibility index (Phi) is 6.24. The molecule has 1 saturated heterocycles. The average Bonchev–Trinajstić information content (AvgIpc) is 3.05. The molecule has 142 valence electrons. The Balaban J connectivity index is 1.69. The molecule has 1 N–H and O–H groups in total. The smallest absolute Gasteiger partial charge is 0.308 e. The molecule has 0 radical (unpaired) electrons. The van der Waals surface area contributed by atoms with Crippen LogP contribution in [0.25, 0.3) is 0 Å². The third-order valence-corrected chi connectivity index (χ3v) is 5.14. The van der Waals surface area contributed by atoms with Gasteiger partial charge in [0, 0.05) is 26.2 Å². The van der Waals surface area contributed by atoms with E-state index in [0.29, 0.717) is 26.2 Å². The van der Waals surface area contributed by atoms with E-state index in [-0.39, 0.29) is 18.4 Å². The molecule has 0 unspecified atom stereocenters. The van der Waals surface area contributed by atoms with E-state index in [0.717, 1.165) is 11.1 Å². The molecule has 0 saturated carbocycles. The summed E-state index contributed by atoms with van der Waals surface area (Å²) in [5.41, 5.74) is 2.30. The predicted octanol–water partition coefficient (Wildman–Crippen LogP) is 2.87. The van der Waals surface area contributed by atoms with Gasteiger partial charge < -0.3 is 10.0 Å². The molecule has 0 bridgehead atoms. The second-order valence-electron chi connectivity index (χ2n) is 7.34. The number of nitrogens with zero attached hydrogens (tertiary/aromatic N) is 2. The van der Waals surface area contributed by atoms with Crippen LogP contribution in [-0.4, -0.2) is 46.4 Å². The number of benzene rings is 2. The highest BCUT2D eigenvalue weighted by Gasteiger charge is 2.37. The summed E-state index contributed by atoms with van der Waals surface area (Å²) in [5, 5.41) is 9.31. The lowest BCUT2D eigenvalue weighted by Crippen LogP contribution is -2.39. The maximum absolute atomic E-state index is 12.8. The number of rotatable bonds is 7. The molecule has 3 rings (SSSR count). The van der Waals surface area contributed by atoms with Gasteiger partial charge >= 0.3 is 5.97 Å². The van der Waals surface area contributed by atoms with E-state index in [1.54, 1.807) is 4.90 Å². The van der Waals surface area contributed by atoms with Crippen molar-refractivity contribution < 1.29 is 14.7 Å². The zero-order valence-electron chi connectivity index (χ0n) is 15.6. The molecule has 1 fully saturated rings. The summed E-state index contributed by atoms with van der Waals surface area (Å²) < 4.78 is 0. The molecule has 1 aliphatic heterocycles. The summed E-state index contributed by atoms with van der Waals surface area (Å²) in [6, 6.07) is 20.2. The first-order chi connectivity index (χ1) is 13.0. The fourth-order valence-corrected chi connectivity index (χ4v) is 3.63. The predicted molar refractivity (Wildman–Crippen MR) is 104 cm³/mol. The van der Waals surface area contributed by atoms with Crippen molar-refractivity contribution in [1.29, 1.82) is 0 Å². The Morgan fingerprint density at radius 1 is 0.963 bits per heavy atom. The van der Waals surface area contributed by atoms with Crippen LogP contribution in [0, 0.1) is 11.8 Å². The lowest BCUT2D eigenvalue weighted by Gasteiger charge is -2.25. The zero-order valence-corrected chi connectivity index (χ0v) is 15.6. The van der Waals surface area contributed by atoms with Crippen LogP contribution in [0.3, 0.4) is 0 Å². The van der Waals surface area contributed by atoms with Gasteiger partial charge in [0.25, 0.3) is 0 Å². The number of hydrogen-bond acceptors (Lipinski definition) is 3. The highest BCUT2D eigenvalue weighted by molar-refractivity contribution is 5.80. The summed E-state index contributed by atoms with van der Waals surface area (Å²) in [4.78, 5) is 28.0. The average molecular weight is 366 g/mol. The Labute approximate surface area is 160 Å². The van der Waals surface area contributed by atoms with Gasteiger partial charge in [-0.25, -0.2) is 0 Å². The third-order valence-electron chi connectivity index (χ3n) is 5.14. The van der Waals surface area contributed by atoms with E-state index >= 15 is 0 Å². The lowest BCUT2D eigenvalue weighted by molar-refractivity contribution is -0.142. The van der Waals surface area contributed by atoms with Gasteiger partial charge in [0.2, 0.25) is 5.91 Å². The number of carboxylic acids is 1. The maximum atomic E-state index is 12.8. The van der Waals surface area contributed by atoms with Gasteiger partial charge in [-0.05, 0) is 17.0 Å². The molecular weight excluding hydrogens is 340 g/mol. The van der Waals surface area contributed by atoms with Crippen LogP contribution in [0.4, 0.5) is 0 Å². The number of likely N-dealkylation sites (tertiary alicyclic amines) is 1. The first-order valence-corrected chi connectivity index (χ1v) is 9.33. The third kappa shape index (κ3) is 5.17. The molecule has 5 heteroatoms. The van der Waals surface area contributed by atoms with Gasteiger partial charge in [0.05, 0.1) is 12.5 Å². The van der Waals surface area contributed by atoms with Crippen molar-refractivity contribution in [1.82, 2.24) is 9.80 Å². The molecule has 5 nitrogen and oxygen atoms in total. The van der Waals surface area contributed by atoms with Crippen LogP contribution in [0.5, 0.6) is 0 Å². The van der Waals surface area contributed by atoms with E-state index in [2.05, 4.69) is 29.2 Å². The minimum atomic E-state index is -0.816. The van der Waals surface area contributed by atoms with Crippen molar-refractivity contribution in [3.63, 3.8) is 0 Å². The highest BCUT2D eigenvalue weighted by atomic mass is 16.4. The Bertz CT molecular complexity index is 722. The first kappa shape index (κ1) is 19.1. The molecule has 2 atom stereocenters. The summed E-state index contributed by atoms with van der Waals surface area (Å²) in [7, 11) is 0. The molecule has 0 aromatic heterocycles. The van der Waals surface area contributed by atoms with E-state index < -0.39 is 11.9 Å². The van der Waals surface area contributed by atoms with Crippen LogP contribution in [0.15, 0.2) is 60.7 Å². The topological polar surface area (TPSA) is 60.9 Å². The van der Waals surface area contributed by atoms with Crippen molar-refractivity contribution in [3.05, 3.63) is 71.8 Å². The second kappa shape index (κ2) is 8.82. The van der Waals surface area contributed by atoms with Crippen molar-refractivity contribution in [3.8, 4) is 0 Å². The number of aliphatic carboxylic acids is 1. The van der Waals surface area contributed by atoms with Gasteiger partial charge in [0.1, 0.15) is 0 Å². The first-order valence-electron chi connectivity index (χ1n) is 9.33. The summed E-state index contributed by atoms with van der Waals surface area (Å²) >= 11 is 0. The summed E-state index contributed by atoms with van der Waals surface area (Å²) in [6.07, 6.45) is 0. The molecule has 2 aromatic carbocycles. The van der Waals surface area contributed by atoms with Crippen LogP contribution < -0.4 is 0 Å². The summed E-state index contributed by atoms with van der Waals surface area (Å²) in [6.45, 7) is 4.35. The number of carbonyl (C=O) groups is 2. The lowest BCUT2D eigenvalue weighted by atomic mass is 9.99. The minimum Gasteiger partial charge on any atom is -0.481 e. The Hall–Kier alpha value is -2.66. The fraction of sp³-hybridized carbons (Fsp3) is 0.364. The number of hydrogen-bond donors (Lipinski definition) is 1. The highest BCUT2D eigenvalue weighted by Crippen LogP contribution is 2.23. The summed E-state index contributed by atoms with van der Waals surface area (Å²) in [5.74, 6) is -1.30. The quantitative estimate of drug-likeness (QED) is 0.819. The molecule has 1 amide bonds. The molecular formula is C22H26N2O3. The normalized spacial score (nSPS) is 19.4. The standard InChI is InChI=1S/C22H26N2O3/c1-17-12-24(15-20(17)22(26)27)21(25)16-23(13-18-8-4-2-5-9-18)14-19-10-6-3-7-11-19/h2-11,17,20H,12-16H2,1H3,(H,26,27)/t17-,20-/m1/s1. The van der Waals surface area contributed by atoms with Crippen LogP contribution >= 0.6 is 0 Å². The molecule has 2 aromatic rings. The van der Waals surface area contributed by atoms with E-state index in [9.17, 15) is 14.7 Å². The molecule has 27 heavy (non-hydrogen) atoms. The SMILES string of the molecule is C[C@@H]1CN(C(=O)CN(Cc2ccccc2)Cc2ccccc2)C[C@H]1C(=O)O. The number of amides is 1. The van der Waals surface area contributed by atoms with Crippen molar-refractivity contribution >= 4 is 11.9 Å². The van der Waals surface area contributed by atoms with Crippen LogP contribution in [0.2, 0.25) is 0 Å². The Morgan fingerprint density at radius 3 is 1.93 bits per heavy atom. The Morgan fingerprint density at radius 2 is 1.48 bits per heavy atom. The van der Waals surface area contributed by atoms with Gasteiger partial charge in [0.15, 0.2) is 0 Å². The van der Waals surface area contributed by atoms with Crippen LogP contribution in [-0.2, 0) is 22.7 Å². The van der Waals surface area contributed by atoms with E-state index in [1.807, 2.05) is 43.3 Å². The van der Waals surface area contributed by atoms with Crippen molar-refractivity contribution in [2.75, 3.05) is 19.6 Å². The zero-order chi connectivity index (χ0) is 19.2. The van der Waals surface area contributed by atoms with E-state index in [1.165, 1.54) is 0 Å². The molecule has 1 aliphatic rings.